The average Bonchev–Trinajstić information content (AvgIpc) is 2.26. The highest BCUT2D eigenvalue weighted by Crippen LogP contribution is 2.28. The van der Waals surface area contributed by atoms with Crippen LogP contribution in [0.1, 0.15) is 32.6 Å². The molecule has 0 heterocycles. The van der Waals surface area contributed by atoms with Crippen molar-refractivity contribution in [2.24, 2.45) is 11.8 Å². The molecule has 0 aromatic rings. The molecule has 1 saturated carbocycles. The van der Waals surface area contributed by atoms with Gasteiger partial charge in [0.15, 0.2) is 0 Å². The van der Waals surface area contributed by atoms with Gasteiger partial charge in [0, 0.05) is 6.61 Å². The lowest BCUT2D eigenvalue weighted by molar-refractivity contribution is 0.0456. The SMILES string of the molecule is C=CC(C)OCC1CCC(CO)CC1. The maximum atomic E-state index is 8.99. The minimum atomic E-state index is 0.172. The maximum absolute atomic E-state index is 8.99. The Kier molecular flexibility index (Phi) is 5.20. The van der Waals surface area contributed by atoms with Gasteiger partial charge in [-0.1, -0.05) is 6.08 Å². The molecule has 0 saturated heterocycles. The molecule has 1 unspecified atom stereocenters. The first kappa shape index (κ1) is 11.7. The van der Waals surface area contributed by atoms with E-state index in [0.717, 1.165) is 19.4 Å². The van der Waals surface area contributed by atoms with Crippen molar-refractivity contribution < 1.29 is 9.84 Å². The zero-order valence-electron chi connectivity index (χ0n) is 9.11. The first-order chi connectivity index (χ1) is 6.76. The van der Waals surface area contributed by atoms with Crippen LogP contribution in [0.5, 0.6) is 0 Å². The van der Waals surface area contributed by atoms with Crippen molar-refractivity contribution in [2.75, 3.05) is 13.2 Å². The van der Waals surface area contributed by atoms with E-state index in [1.54, 1.807) is 0 Å². The zero-order chi connectivity index (χ0) is 10.4. The average molecular weight is 198 g/mol. The molecule has 0 amide bonds. The molecule has 2 heteroatoms. The third-order valence-electron chi connectivity index (χ3n) is 3.15. The predicted octanol–water partition coefficient (Wildman–Crippen LogP) is 2.38. The molecule has 1 aliphatic carbocycles. The standard InChI is InChI=1S/C12H22O2/c1-3-10(2)14-9-12-6-4-11(8-13)5-7-12/h3,10-13H,1,4-9H2,2H3. The largest absolute Gasteiger partial charge is 0.396 e. The van der Waals surface area contributed by atoms with Gasteiger partial charge in [0.05, 0.1) is 12.7 Å². The Morgan fingerprint density at radius 3 is 2.43 bits per heavy atom. The van der Waals surface area contributed by atoms with Crippen LogP contribution in [0.2, 0.25) is 0 Å². The summed E-state index contributed by atoms with van der Waals surface area (Å²) in [5, 5.41) is 8.99. The summed E-state index contributed by atoms with van der Waals surface area (Å²) in [5.74, 6) is 1.24. The summed E-state index contributed by atoms with van der Waals surface area (Å²) in [6, 6.07) is 0. The molecule has 0 spiro atoms. The Morgan fingerprint density at radius 1 is 1.36 bits per heavy atom. The fraction of sp³-hybridized carbons (Fsp3) is 0.833. The first-order valence-electron chi connectivity index (χ1n) is 5.61. The highest BCUT2D eigenvalue weighted by Gasteiger charge is 2.20. The fourth-order valence-corrected chi connectivity index (χ4v) is 1.94. The minimum Gasteiger partial charge on any atom is -0.396 e. The molecule has 14 heavy (non-hydrogen) atoms. The zero-order valence-corrected chi connectivity index (χ0v) is 9.11. The Bertz CT molecular complexity index is 160. The lowest BCUT2D eigenvalue weighted by atomic mass is 9.83. The van der Waals surface area contributed by atoms with Crippen LogP contribution in [0.4, 0.5) is 0 Å². The Hall–Kier alpha value is -0.340. The second-order valence-corrected chi connectivity index (χ2v) is 4.34. The predicted molar refractivity (Wildman–Crippen MR) is 58.1 cm³/mol. The third kappa shape index (κ3) is 3.81. The molecule has 0 aliphatic heterocycles. The van der Waals surface area contributed by atoms with E-state index < -0.39 is 0 Å². The van der Waals surface area contributed by atoms with Gasteiger partial charge in [-0.05, 0) is 44.4 Å². The van der Waals surface area contributed by atoms with E-state index in [2.05, 4.69) is 6.58 Å². The van der Waals surface area contributed by atoms with Gasteiger partial charge in [-0.3, -0.25) is 0 Å². The number of ether oxygens (including phenoxy) is 1. The maximum Gasteiger partial charge on any atom is 0.0725 e. The Labute approximate surface area is 87.0 Å². The first-order valence-corrected chi connectivity index (χ1v) is 5.61. The second-order valence-electron chi connectivity index (χ2n) is 4.34. The second kappa shape index (κ2) is 6.20. The van der Waals surface area contributed by atoms with E-state index in [1.807, 2.05) is 13.0 Å². The molecule has 82 valence electrons. The van der Waals surface area contributed by atoms with Gasteiger partial charge in [-0.25, -0.2) is 0 Å². The quantitative estimate of drug-likeness (QED) is 0.687. The topological polar surface area (TPSA) is 29.5 Å². The summed E-state index contributed by atoms with van der Waals surface area (Å²) in [6.07, 6.45) is 6.73. The van der Waals surface area contributed by atoms with Crippen LogP contribution < -0.4 is 0 Å². The molecule has 1 aliphatic rings. The lowest BCUT2D eigenvalue weighted by Gasteiger charge is -2.27. The fourth-order valence-electron chi connectivity index (χ4n) is 1.94. The molecule has 0 radical (unpaired) electrons. The van der Waals surface area contributed by atoms with Gasteiger partial charge in [0.1, 0.15) is 0 Å². The van der Waals surface area contributed by atoms with Gasteiger partial charge >= 0.3 is 0 Å². The summed E-state index contributed by atoms with van der Waals surface area (Å²) in [4.78, 5) is 0. The summed E-state index contributed by atoms with van der Waals surface area (Å²) in [6.45, 7) is 6.92. The number of rotatable bonds is 5. The van der Waals surface area contributed by atoms with E-state index >= 15 is 0 Å². The molecule has 1 atom stereocenters. The minimum absolute atomic E-state index is 0.172. The summed E-state index contributed by atoms with van der Waals surface area (Å²) >= 11 is 0. The van der Waals surface area contributed by atoms with E-state index in [4.69, 9.17) is 9.84 Å². The molecule has 0 aromatic carbocycles. The molecule has 0 bridgehead atoms. The van der Waals surface area contributed by atoms with Crippen molar-refractivity contribution >= 4 is 0 Å². The van der Waals surface area contributed by atoms with Crippen molar-refractivity contribution in [1.82, 2.24) is 0 Å². The van der Waals surface area contributed by atoms with Crippen molar-refractivity contribution in [2.45, 2.75) is 38.7 Å². The van der Waals surface area contributed by atoms with Gasteiger partial charge in [-0.2, -0.15) is 0 Å². The number of hydrogen-bond acceptors (Lipinski definition) is 2. The van der Waals surface area contributed by atoms with Crippen LogP contribution in [0, 0.1) is 11.8 Å². The Morgan fingerprint density at radius 2 is 1.93 bits per heavy atom. The monoisotopic (exact) mass is 198 g/mol. The third-order valence-corrected chi connectivity index (χ3v) is 3.15. The van der Waals surface area contributed by atoms with E-state index in [-0.39, 0.29) is 6.10 Å². The van der Waals surface area contributed by atoms with Crippen LogP contribution in [-0.2, 0) is 4.74 Å². The highest BCUT2D eigenvalue weighted by molar-refractivity contribution is 4.77. The summed E-state index contributed by atoms with van der Waals surface area (Å²) in [5.41, 5.74) is 0. The van der Waals surface area contributed by atoms with E-state index in [1.165, 1.54) is 12.8 Å². The summed E-state index contributed by atoms with van der Waals surface area (Å²) in [7, 11) is 0. The smallest absolute Gasteiger partial charge is 0.0725 e. The van der Waals surface area contributed by atoms with Gasteiger partial charge in [0.2, 0.25) is 0 Å². The van der Waals surface area contributed by atoms with Crippen molar-refractivity contribution in [3.8, 4) is 0 Å². The molecule has 2 nitrogen and oxygen atoms in total. The van der Waals surface area contributed by atoms with Crippen LogP contribution >= 0.6 is 0 Å². The van der Waals surface area contributed by atoms with E-state index in [9.17, 15) is 0 Å². The van der Waals surface area contributed by atoms with Crippen molar-refractivity contribution in [1.29, 1.82) is 0 Å². The van der Waals surface area contributed by atoms with Gasteiger partial charge in [0.25, 0.3) is 0 Å². The number of hydrogen-bond donors (Lipinski definition) is 1. The van der Waals surface area contributed by atoms with Gasteiger partial charge in [-0.15, -0.1) is 6.58 Å². The van der Waals surface area contributed by atoms with Crippen LogP contribution in [0.15, 0.2) is 12.7 Å². The number of aliphatic hydroxyl groups is 1. The van der Waals surface area contributed by atoms with Crippen molar-refractivity contribution in [3.63, 3.8) is 0 Å². The highest BCUT2D eigenvalue weighted by atomic mass is 16.5. The Balaban J connectivity index is 2.12. The van der Waals surface area contributed by atoms with Crippen molar-refractivity contribution in [3.05, 3.63) is 12.7 Å². The molecular formula is C12H22O2. The normalized spacial score (nSPS) is 29.9. The van der Waals surface area contributed by atoms with Gasteiger partial charge < -0.3 is 9.84 Å². The molecular weight excluding hydrogens is 176 g/mol. The van der Waals surface area contributed by atoms with Crippen LogP contribution in [0.25, 0.3) is 0 Å². The molecule has 1 rings (SSSR count). The molecule has 1 fully saturated rings. The lowest BCUT2D eigenvalue weighted by Crippen LogP contribution is -2.22. The summed E-state index contributed by atoms with van der Waals surface area (Å²) < 4.78 is 5.62. The number of aliphatic hydroxyl groups excluding tert-OH is 1. The van der Waals surface area contributed by atoms with E-state index in [0.29, 0.717) is 18.4 Å². The molecule has 0 aromatic heterocycles. The molecule has 1 N–H and O–H groups in total. The van der Waals surface area contributed by atoms with Crippen LogP contribution in [0.3, 0.4) is 0 Å². The van der Waals surface area contributed by atoms with Crippen LogP contribution in [-0.4, -0.2) is 24.4 Å².